The van der Waals surface area contributed by atoms with Gasteiger partial charge in [-0.1, -0.05) is 6.92 Å². The lowest BCUT2D eigenvalue weighted by Gasteiger charge is -2.09. The first-order chi connectivity index (χ1) is 5.07. The van der Waals surface area contributed by atoms with Crippen LogP contribution in [0.2, 0.25) is 0 Å². The molecule has 0 unspecified atom stereocenters. The van der Waals surface area contributed by atoms with Crippen LogP contribution in [-0.2, 0) is 4.79 Å². The molecule has 0 amide bonds. The molecular formula is C7H16N2O2. The SMILES string of the molecule is C[C@H](CN)CC[C@H](N)C(=O)O. The molecule has 0 aromatic heterocycles. The fraction of sp³-hybridized carbons (Fsp3) is 0.857. The Morgan fingerprint density at radius 1 is 1.55 bits per heavy atom. The van der Waals surface area contributed by atoms with Gasteiger partial charge in [0.15, 0.2) is 0 Å². The summed E-state index contributed by atoms with van der Waals surface area (Å²) in [7, 11) is 0. The zero-order valence-electron chi connectivity index (χ0n) is 6.79. The lowest BCUT2D eigenvalue weighted by molar-refractivity contribution is -0.138. The van der Waals surface area contributed by atoms with Crippen LogP contribution in [-0.4, -0.2) is 23.7 Å². The minimum atomic E-state index is -0.936. The molecule has 0 saturated carbocycles. The highest BCUT2D eigenvalue weighted by atomic mass is 16.4. The van der Waals surface area contributed by atoms with Crippen molar-refractivity contribution in [2.75, 3.05) is 6.54 Å². The number of carboxylic acids is 1. The number of hydrogen-bond acceptors (Lipinski definition) is 3. The van der Waals surface area contributed by atoms with Crippen molar-refractivity contribution in [1.82, 2.24) is 0 Å². The molecule has 0 aliphatic heterocycles. The average molecular weight is 160 g/mol. The fourth-order valence-electron chi connectivity index (χ4n) is 0.705. The molecule has 0 aliphatic carbocycles. The Bertz CT molecular complexity index is 128. The fourth-order valence-corrected chi connectivity index (χ4v) is 0.705. The normalized spacial score (nSPS) is 15.9. The summed E-state index contributed by atoms with van der Waals surface area (Å²) in [6.07, 6.45) is 1.29. The highest BCUT2D eigenvalue weighted by Crippen LogP contribution is 2.04. The molecule has 0 radical (unpaired) electrons. The second-order valence-corrected chi connectivity index (χ2v) is 2.86. The minimum Gasteiger partial charge on any atom is -0.480 e. The zero-order valence-corrected chi connectivity index (χ0v) is 6.79. The molecule has 11 heavy (non-hydrogen) atoms. The molecule has 0 bridgehead atoms. The number of carbonyl (C=O) groups is 1. The van der Waals surface area contributed by atoms with E-state index in [4.69, 9.17) is 16.6 Å². The largest absolute Gasteiger partial charge is 0.480 e. The molecule has 0 rings (SSSR count). The van der Waals surface area contributed by atoms with Gasteiger partial charge in [0, 0.05) is 0 Å². The van der Waals surface area contributed by atoms with Gasteiger partial charge in [0.2, 0.25) is 0 Å². The van der Waals surface area contributed by atoms with Gasteiger partial charge in [-0.05, 0) is 25.3 Å². The first-order valence-electron chi connectivity index (χ1n) is 3.76. The van der Waals surface area contributed by atoms with Crippen molar-refractivity contribution in [3.05, 3.63) is 0 Å². The van der Waals surface area contributed by atoms with Crippen LogP contribution in [0.15, 0.2) is 0 Å². The van der Waals surface area contributed by atoms with Gasteiger partial charge < -0.3 is 16.6 Å². The second kappa shape index (κ2) is 5.09. The monoisotopic (exact) mass is 160 g/mol. The van der Waals surface area contributed by atoms with Gasteiger partial charge in [-0.2, -0.15) is 0 Å². The Hall–Kier alpha value is -0.610. The summed E-state index contributed by atoms with van der Waals surface area (Å²) < 4.78 is 0. The summed E-state index contributed by atoms with van der Waals surface area (Å²) in [6, 6.07) is -0.732. The molecule has 0 heterocycles. The Morgan fingerprint density at radius 2 is 2.09 bits per heavy atom. The van der Waals surface area contributed by atoms with E-state index < -0.39 is 12.0 Å². The maximum Gasteiger partial charge on any atom is 0.320 e. The quantitative estimate of drug-likeness (QED) is 0.518. The number of rotatable bonds is 5. The topological polar surface area (TPSA) is 89.3 Å². The number of hydrogen-bond donors (Lipinski definition) is 3. The summed E-state index contributed by atoms with van der Waals surface area (Å²) in [4.78, 5) is 10.2. The van der Waals surface area contributed by atoms with Crippen LogP contribution < -0.4 is 11.5 Å². The maximum atomic E-state index is 10.2. The second-order valence-electron chi connectivity index (χ2n) is 2.86. The van der Waals surface area contributed by atoms with E-state index in [-0.39, 0.29) is 0 Å². The van der Waals surface area contributed by atoms with E-state index in [0.29, 0.717) is 18.9 Å². The minimum absolute atomic E-state index is 0.361. The summed E-state index contributed by atoms with van der Waals surface area (Å²) in [5.41, 5.74) is 10.6. The van der Waals surface area contributed by atoms with Crippen LogP contribution in [0.3, 0.4) is 0 Å². The molecule has 66 valence electrons. The van der Waals surface area contributed by atoms with Crippen molar-refractivity contribution in [2.24, 2.45) is 17.4 Å². The van der Waals surface area contributed by atoms with Gasteiger partial charge in [-0.3, -0.25) is 4.79 Å². The molecular weight excluding hydrogens is 144 g/mol. The Morgan fingerprint density at radius 3 is 2.45 bits per heavy atom. The van der Waals surface area contributed by atoms with Crippen molar-refractivity contribution in [3.63, 3.8) is 0 Å². The molecule has 4 nitrogen and oxygen atoms in total. The lowest BCUT2D eigenvalue weighted by atomic mass is 10.0. The van der Waals surface area contributed by atoms with Crippen molar-refractivity contribution >= 4 is 5.97 Å². The van der Waals surface area contributed by atoms with Crippen molar-refractivity contribution in [3.8, 4) is 0 Å². The van der Waals surface area contributed by atoms with E-state index in [0.717, 1.165) is 6.42 Å². The maximum absolute atomic E-state index is 10.2. The Kier molecular flexibility index (Phi) is 4.81. The van der Waals surface area contributed by atoms with Gasteiger partial charge in [0.1, 0.15) is 6.04 Å². The standard InChI is InChI=1S/C7H16N2O2/c1-5(4-8)2-3-6(9)7(10)11/h5-6H,2-4,8-9H2,1H3,(H,10,11)/t5-,6-/m0/s1. The van der Waals surface area contributed by atoms with E-state index in [9.17, 15) is 4.79 Å². The highest BCUT2D eigenvalue weighted by Gasteiger charge is 2.11. The number of aliphatic carboxylic acids is 1. The number of carboxylic acid groups (broad SMARTS) is 1. The highest BCUT2D eigenvalue weighted by molar-refractivity contribution is 5.72. The van der Waals surface area contributed by atoms with Crippen LogP contribution in [0.4, 0.5) is 0 Å². The van der Waals surface area contributed by atoms with E-state index in [2.05, 4.69) is 0 Å². The molecule has 0 aromatic carbocycles. The Balaban J connectivity index is 3.45. The van der Waals surface area contributed by atoms with Crippen LogP contribution in [0.1, 0.15) is 19.8 Å². The molecule has 0 fully saturated rings. The van der Waals surface area contributed by atoms with Gasteiger partial charge >= 0.3 is 5.97 Å². The van der Waals surface area contributed by atoms with Gasteiger partial charge in [0.25, 0.3) is 0 Å². The number of nitrogens with two attached hydrogens (primary N) is 2. The van der Waals surface area contributed by atoms with E-state index in [1.807, 2.05) is 6.92 Å². The van der Waals surface area contributed by atoms with Crippen molar-refractivity contribution in [1.29, 1.82) is 0 Å². The smallest absolute Gasteiger partial charge is 0.320 e. The summed E-state index contributed by atoms with van der Waals surface area (Å²) in [6.45, 7) is 2.57. The summed E-state index contributed by atoms with van der Waals surface area (Å²) >= 11 is 0. The first-order valence-corrected chi connectivity index (χ1v) is 3.76. The van der Waals surface area contributed by atoms with E-state index in [1.54, 1.807) is 0 Å². The molecule has 0 aromatic rings. The molecule has 0 aliphatic rings. The predicted molar refractivity (Wildman–Crippen MR) is 43.1 cm³/mol. The molecule has 5 N–H and O–H groups in total. The van der Waals surface area contributed by atoms with Crippen molar-refractivity contribution in [2.45, 2.75) is 25.8 Å². The summed E-state index contributed by atoms with van der Waals surface area (Å²) in [5, 5.41) is 8.41. The van der Waals surface area contributed by atoms with Gasteiger partial charge in [0.05, 0.1) is 0 Å². The van der Waals surface area contributed by atoms with Crippen LogP contribution in [0.25, 0.3) is 0 Å². The first kappa shape index (κ1) is 10.4. The summed E-state index contributed by atoms with van der Waals surface area (Å²) in [5.74, 6) is -0.574. The third-order valence-electron chi connectivity index (χ3n) is 1.69. The molecule has 4 heteroatoms. The zero-order chi connectivity index (χ0) is 8.85. The average Bonchev–Trinajstić information content (AvgIpc) is 1.99. The third-order valence-corrected chi connectivity index (χ3v) is 1.69. The molecule has 0 saturated heterocycles. The lowest BCUT2D eigenvalue weighted by Crippen LogP contribution is -2.30. The predicted octanol–water partition coefficient (Wildman–Crippen LogP) is -0.227. The van der Waals surface area contributed by atoms with Crippen LogP contribution in [0.5, 0.6) is 0 Å². The third kappa shape index (κ3) is 4.75. The Labute approximate surface area is 66.6 Å². The van der Waals surface area contributed by atoms with Crippen molar-refractivity contribution < 1.29 is 9.90 Å². The van der Waals surface area contributed by atoms with Gasteiger partial charge in [-0.25, -0.2) is 0 Å². The van der Waals surface area contributed by atoms with Gasteiger partial charge in [-0.15, -0.1) is 0 Å². The van der Waals surface area contributed by atoms with Crippen LogP contribution in [0, 0.1) is 5.92 Å². The van der Waals surface area contributed by atoms with Crippen LogP contribution >= 0.6 is 0 Å². The molecule has 0 spiro atoms. The molecule has 2 atom stereocenters. The van der Waals surface area contributed by atoms with E-state index in [1.165, 1.54) is 0 Å². The van der Waals surface area contributed by atoms with E-state index >= 15 is 0 Å².